The van der Waals surface area contributed by atoms with Crippen LogP contribution in [0.3, 0.4) is 0 Å². The fourth-order valence-corrected chi connectivity index (χ4v) is 1.32. The molecule has 1 aromatic carbocycles. The second-order valence-corrected chi connectivity index (χ2v) is 4.34. The zero-order chi connectivity index (χ0) is 11.6. The van der Waals surface area contributed by atoms with Crippen molar-refractivity contribution in [2.45, 2.75) is 19.9 Å². The van der Waals surface area contributed by atoms with Gasteiger partial charge in [0.2, 0.25) is 0 Å². The maximum Gasteiger partial charge on any atom is 0.162 e. The summed E-state index contributed by atoms with van der Waals surface area (Å²) in [6.45, 7) is 3.49. The first-order valence-corrected chi connectivity index (χ1v) is 4.77. The number of aliphatic hydroxyl groups is 1. The minimum Gasteiger partial charge on any atom is -0.504 e. The smallest absolute Gasteiger partial charge is 0.162 e. The lowest BCUT2D eigenvalue weighted by Gasteiger charge is -2.30. The van der Waals surface area contributed by atoms with E-state index in [2.05, 4.69) is 0 Å². The third kappa shape index (κ3) is 2.22. The highest BCUT2D eigenvalue weighted by atomic mass is 16.3. The lowest BCUT2D eigenvalue weighted by molar-refractivity contribution is 0.131. The number of phenolic OH excluding ortho intramolecular Hbond substituents is 2. The lowest BCUT2D eigenvalue weighted by Crippen LogP contribution is -2.32. The van der Waals surface area contributed by atoms with Gasteiger partial charge in [0.05, 0.1) is 0 Å². The van der Waals surface area contributed by atoms with Crippen LogP contribution in [0, 0.1) is 5.41 Å². The number of rotatable bonds is 3. The van der Waals surface area contributed by atoms with Crippen LogP contribution < -0.4 is 5.73 Å². The Labute approximate surface area is 89.0 Å². The summed E-state index contributed by atoms with van der Waals surface area (Å²) >= 11 is 0. The van der Waals surface area contributed by atoms with Crippen LogP contribution in [0.1, 0.15) is 25.5 Å². The van der Waals surface area contributed by atoms with Crippen molar-refractivity contribution in [3.05, 3.63) is 23.8 Å². The van der Waals surface area contributed by atoms with Crippen molar-refractivity contribution in [1.82, 2.24) is 0 Å². The van der Waals surface area contributed by atoms with E-state index in [-0.39, 0.29) is 18.1 Å². The number of phenols is 2. The van der Waals surface area contributed by atoms with Gasteiger partial charge in [-0.25, -0.2) is 0 Å². The van der Waals surface area contributed by atoms with Crippen molar-refractivity contribution in [3.8, 4) is 11.5 Å². The summed E-state index contributed by atoms with van der Waals surface area (Å²) in [5.74, 6) is -0.414. The minimum atomic E-state index is -0.550. The largest absolute Gasteiger partial charge is 0.504 e. The van der Waals surface area contributed by atoms with Crippen LogP contribution in [0.25, 0.3) is 0 Å². The first-order chi connectivity index (χ1) is 6.90. The Kier molecular flexibility index (Phi) is 3.21. The molecule has 0 aliphatic rings. The molecule has 0 amide bonds. The van der Waals surface area contributed by atoms with Gasteiger partial charge in [0, 0.05) is 23.6 Å². The third-order valence-electron chi connectivity index (χ3n) is 2.63. The molecule has 0 fully saturated rings. The highest BCUT2D eigenvalue weighted by Gasteiger charge is 2.29. The Hall–Kier alpha value is -1.26. The number of hydrogen-bond acceptors (Lipinski definition) is 4. The van der Waals surface area contributed by atoms with E-state index in [9.17, 15) is 10.2 Å². The van der Waals surface area contributed by atoms with Gasteiger partial charge < -0.3 is 21.1 Å². The Balaban J connectivity index is 3.12. The molecule has 0 saturated carbocycles. The first-order valence-electron chi connectivity index (χ1n) is 4.77. The minimum absolute atomic E-state index is 0.0940. The van der Waals surface area contributed by atoms with Crippen LogP contribution in [-0.4, -0.2) is 21.9 Å². The summed E-state index contributed by atoms with van der Waals surface area (Å²) < 4.78 is 0. The number of hydrogen-bond donors (Lipinski definition) is 4. The average molecular weight is 211 g/mol. The molecular formula is C11H17NO3. The molecule has 0 heterocycles. The Morgan fingerprint density at radius 1 is 1.33 bits per heavy atom. The second kappa shape index (κ2) is 4.08. The molecule has 0 radical (unpaired) electrons. The number of para-hydroxylation sites is 1. The fourth-order valence-electron chi connectivity index (χ4n) is 1.32. The molecule has 1 atom stereocenters. The van der Waals surface area contributed by atoms with Gasteiger partial charge in [-0.1, -0.05) is 26.0 Å². The van der Waals surface area contributed by atoms with E-state index < -0.39 is 11.5 Å². The van der Waals surface area contributed by atoms with Crippen LogP contribution in [0.4, 0.5) is 0 Å². The molecule has 84 valence electrons. The van der Waals surface area contributed by atoms with Crippen molar-refractivity contribution in [2.24, 2.45) is 11.1 Å². The quantitative estimate of drug-likeness (QED) is 0.564. The summed E-state index contributed by atoms with van der Waals surface area (Å²) in [5.41, 5.74) is 5.81. The van der Waals surface area contributed by atoms with Gasteiger partial charge in [0.25, 0.3) is 0 Å². The van der Waals surface area contributed by atoms with Crippen molar-refractivity contribution in [2.75, 3.05) is 6.61 Å². The van der Waals surface area contributed by atoms with Crippen LogP contribution in [-0.2, 0) is 0 Å². The standard InChI is InChI=1S/C11H17NO3/c1-11(2,6-13)10(12)7-4-3-5-8(14)9(7)15/h3-5,10,13-15H,6,12H2,1-2H3/t10-/m1/s1. The fraction of sp³-hybridized carbons (Fsp3) is 0.455. The Morgan fingerprint density at radius 3 is 2.47 bits per heavy atom. The van der Waals surface area contributed by atoms with Crippen LogP contribution >= 0.6 is 0 Å². The van der Waals surface area contributed by atoms with E-state index in [1.807, 2.05) is 0 Å². The van der Waals surface area contributed by atoms with E-state index in [4.69, 9.17) is 10.8 Å². The zero-order valence-corrected chi connectivity index (χ0v) is 8.94. The van der Waals surface area contributed by atoms with Crippen molar-refractivity contribution in [3.63, 3.8) is 0 Å². The normalized spacial score (nSPS) is 13.9. The van der Waals surface area contributed by atoms with E-state index in [0.717, 1.165) is 0 Å². The van der Waals surface area contributed by atoms with Gasteiger partial charge >= 0.3 is 0 Å². The second-order valence-electron chi connectivity index (χ2n) is 4.34. The Morgan fingerprint density at radius 2 is 1.93 bits per heavy atom. The van der Waals surface area contributed by atoms with Crippen LogP contribution in [0.15, 0.2) is 18.2 Å². The maximum absolute atomic E-state index is 9.62. The molecule has 4 heteroatoms. The van der Waals surface area contributed by atoms with Crippen LogP contribution in [0.2, 0.25) is 0 Å². The third-order valence-corrected chi connectivity index (χ3v) is 2.63. The van der Waals surface area contributed by atoms with Crippen molar-refractivity contribution >= 4 is 0 Å². The molecule has 0 aliphatic heterocycles. The summed E-state index contributed by atoms with van der Waals surface area (Å²) in [6, 6.07) is 4.10. The highest BCUT2D eigenvalue weighted by Crippen LogP contribution is 2.38. The predicted octanol–water partition coefficient (Wildman–Crippen LogP) is 1.12. The number of benzene rings is 1. The average Bonchev–Trinajstić information content (AvgIpc) is 2.21. The van der Waals surface area contributed by atoms with Gasteiger partial charge in [0.1, 0.15) is 0 Å². The van der Waals surface area contributed by atoms with E-state index >= 15 is 0 Å². The molecule has 0 saturated heterocycles. The zero-order valence-electron chi connectivity index (χ0n) is 8.94. The molecule has 15 heavy (non-hydrogen) atoms. The molecule has 0 aromatic heterocycles. The summed E-state index contributed by atoms with van der Waals surface area (Å²) in [5, 5.41) is 28.1. The molecular weight excluding hydrogens is 194 g/mol. The molecule has 1 aromatic rings. The maximum atomic E-state index is 9.62. The summed E-state index contributed by atoms with van der Waals surface area (Å²) in [4.78, 5) is 0. The molecule has 0 spiro atoms. The van der Waals surface area contributed by atoms with E-state index in [1.54, 1.807) is 26.0 Å². The molecule has 5 N–H and O–H groups in total. The van der Waals surface area contributed by atoms with Gasteiger partial charge in [-0.05, 0) is 6.07 Å². The number of aromatic hydroxyl groups is 2. The SMILES string of the molecule is CC(C)(CO)[C@H](N)c1cccc(O)c1O. The molecule has 1 rings (SSSR count). The van der Waals surface area contributed by atoms with Gasteiger partial charge in [-0.3, -0.25) is 0 Å². The number of nitrogens with two attached hydrogens (primary N) is 1. The van der Waals surface area contributed by atoms with Gasteiger partial charge in [-0.15, -0.1) is 0 Å². The molecule has 0 aliphatic carbocycles. The molecule has 0 bridgehead atoms. The van der Waals surface area contributed by atoms with Gasteiger partial charge in [-0.2, -0.15) is 0 Å². The van der Waals surface area contributed by atoms with Crippen LogP contribution in [0.5, 0.6) is 11.5 Å². The van der Waals surface area contributed by atoms with E-state index in [1.165, 1.54) is 6.07 Å². The first kappa shape index (κ1) is 11.8. The molecule has 0 unspecified atom stereocenters. The van der Waals surface area contributed by atoms with E-state index in [0.29, 0.717) is 5.56 Å². The van der Waals surface area contributed by atoms with Gasteiger partial charge in [0.15, 0.2) is 11.5 Å². The predicted molar refractivity (Wildman–Crippen MR) is 57.6 cm³/mol. The van der Waals surface area contributed by atoms with Crippen molar-refractivity contribution < 1.29 is 15.3 Å². The monoisotopic (exact) mass is 211 g/mol. The summed E-state index contributed by atoms with van der Waals surface area (Å²) in [7, 11) is 0. The highest BCUT2D eigenvalue weighted by molar-refractivity contribution is 5.46. The number of aliphatic hydroxyl groups excluding tert-OH is 1. The summed E-state index contributed by atoms with van der Waals surface area (Å²) in [6.07, 6.45) is 0. The Bertz CT molecular complexity index is 350. The molecule has 4 nitrogen and oxygen atoms in total. The van der Waals surface area contributed by atoms with Crippen molar-refractivity contribution in [1.29, 1.82) is 0 Å². The lowest BCUT2D eigenvalue weighted by atomic mass is 9.81. The topological polar surface area (TPSA) is 86.7 Å².